The second-order valence-corrected chi connectivity index (χ2v) is 6.92. The van der Waals surface area contributed by atoms with Crippen molar-refractivity contribution in [1.82, 2.24) is 15.6 Å². The summed E-state index contributed by atoms with van der Waals surface area (Å²) in [7, 11) is 1.78. The molecule has 0 saturated carbocycles. The van der Waals surface area contributed by atoms with Crippen molar-refractivity contribution in [2.24, 2.45) is 4.99 Å². The minimum Gasteiger partial charge on any atom is -0.356 e. The molecule has 0 aliphatic rings. The summed E-state index contributed by atoms with van der Waals surface area (Å²) in [6, 6.07) is 7.80. The highest BCUT2D eigenvalue weighted by Gasteiger charge is 2.06. The number of benzene rings is 1. The van der Waals surface area contributed by atoms with Crippen molar-refractivity contribution >= 4 is 52.9 Å². The smallest absolute Gasteiger partial charge is 0.191 e. The number of aromatic nitrogens is 1. The van der Waals surface area contributed by atoms with E-state index in [-0.39, 0.29) is 24.0 Å². The lowest BCUT2D eigenvalue weighted by Gasteiger charge is -2.11. The van der Waals surface area contributed by atoms with Gasteiger partial charge in [0.05, 0.1) is 10.7 Å². The van der Waals surface area contributed by atoms with Gasteiger partial charge in [-0.1, -0.05) is 30.7 Å². The number of halogens is 2. The third-order valence-corrected chi connectivity index (χ3v) is 4.82. The molecule has 1 aromatic heterocycles. The fourth-order valence-corrected chi connectivity index (χ4v) is 3.37. The van der Waals surface area contributed by atoms with Crippen molar-refractivity contribution in [3.8, 4) is 0 Å². The number of rotatable bonds is 6. The molecule has 4 nitrogen and oxygen atoms in total. The van der Waals surface area contributed by atoms with Crippen molar-refractivity contribution in [3.05, 3.63) is 50.4 Å². The molecule has 0 amide bonds. The number of nitrogens with zero attached hydrogens (tertiary/aromatic N) is 2. The van der Waals surface area contributed by atoms with Gasteiger partial charge in [-0.2, -0.15) is 0 Å². The number of aryl methyl sites for hydroxylation is 2. The van der Waals surface area contributed by atoms with E-state index >= 15 is 0 Å². The third kappa shape index (κ3) is 6.57. The van der Waals surface area contributed by atoms with E-state index in [0.717, 1.165) is 30.4 Å². The summed E-state index contributed by atoms with van der Waals surface area (Å²) in [6.07, 6.45) is 1.91. The number of aliphatic imine (C=N–C) groups is 1. The van der Waals surface area contributed by atoms with Crippen LogP contribution in [0, 0.1) is 6.92 Å². The van der Waals surface area contributed by atoms with Crippen LogP contribution in [0.4, 0.5) is 0 Å². The van der Waals surface area contributed by atoms with Crippen LogP contribution < -0.4 is 10.6 Å². The van der Waals surface area contributed by atoms with E-state index in [2.05, 4.69) is 34.5 Å². The first-order valence-corrected chi connectivity index (χ1v) is 8.96. The Kier molecular flexibility index (Phi) is 9.61. The minimum absolute atomic E-state index is 0. The Balaban J connectivity index is 0.00000288. The highest BCUT2D eigenvalue weighted by Crippen LogP contribution is 2.17. The lowest BCUT2D eigenvalue weighted by atomic mass is 10.2. The number of hydrogen-bond donors (Lipinski definition) is 2. The minimum atomic E-state index is 0. The van der Waals surface area contributed by atoms with Crippen LogP contribution in [0.5, 0.6) is 0 Å². The summed E-state index contributed by atoms with van der Waals surface area (Å²) >= 11 is 7.68. The lowest BCUT2D eigenvalue weighted by molar-refractivity contribution is 0.789. The molecule has 0 saturated heterocycles. The van der Waals surface area contributed by atoms with E-state index in [1.165, 1.54) is 21.1 Å². The van der Waals surface area contributed by atoms with Gasteiger partial charge in [-0.25, -0.2) is 4.98 Å². The molecule has 0 aliphatic heterocycles. The maximum atomic E-state index is 5.89. The average molecular weight is 479 g/mol. The Labute approximate surface area is 170 Å². The fraction of sp³-hybridized carbons (Fsp3) is 0.412. The molecule has 0 atom stereocenters. The van der Waals surface area contributed by atoms with E-state index in [0.29, 0.717) is 6.54 Å². The molecule has 0 unspecified atom stereocenters. The van der Waals surface area contributed by atoms with Gasteiger partial charge in [0, 0.05) is 36.5 Å². The standard InChI is InChI=1S/C17H23ClN4S.HI/c1-4-15-12(2)23-16(22-15)9-10-20-17(19-3)21-11-13-5-7-14(18)8-6-13;/h5-8H,4,9-11H2,1-3H3,(H2,19,20,21);1H. The van der Waals surface area contributed by atoms with Crippen LogP contribution in [0.3, 0.4) is 0 Å². The van der Waals surface area contributed by atoms with Gasteiger partial charge in [0.15, 0.2) is 5.96 Å². The lowest BCUT2D eigenvalue weighted by Crippen LogP contribution is -2.37. The van der Waals surface area contributed by atoms with Crippen LogP contribution in [0.2, 0.25) is 5.02 Å². The van der Waals surface area contributed by atoms with Gasteiger partial charge in [-0.05, 0) is 31.0 Å². The third-order valence-electron chi connectivity index (χ3n) is 3.50. The van der Waals surface area contributed by atoms with Gasteiger partial charge in [0.1, 0.15) is 0 Å². The summed E-state index contributed by atoms with van der Waals surface area (Å²) in [5.41, 5.74) is 2.38. The van der Waals surface area contributed by atoms with Crippen LogP contribution >= 0.6 is 46.9 Å². The first-order valence-electron chi connectivity index (χ1n) is 7.76. The molecule has 0 spiro atoms. The molecule has 0 radical (unpaired) electrons. The van der Waals surface area contributed by atoms with Gasteiger partial charge in [0.25, 0.3) is 0 Å². The maximum absolute atomic E-state index is 5.89. The van der Waals surface area contributed by atoms with Gasteiger partial charge >= 0.3 is 0 Å². The largest absolute Gasteiger partial charge is 0.356 e. The maximum Gasteiger partial charge on any atom is 0.191 e. The quantitative estimate of drug-likeness (QED) is 0.372. The first-order chi connectivity index (χ1) is 11.1. The predicted octanol–water partition coefficient (Wildman–Crippen LogP) is 4.19. The highest BCUT2D eigenvalue weighted by atomic mass is 127. The van der Waals surface area contributed by atoms with Crippen molar-refractivity contribution in [1.29, 1.82) is 0 Å². The molecule has 0 bridgehead atoms. The summed E-state index contributed by atoms with van der Waals surface area (Å²) in [5, 5.41) is 8.56. The van der Waals surface area contributed by atoms with Gasteiger partial charge in [0.2, 0.25) is 0 Å². The van der Waals surface area contributed by atoms with Crippen LogP contribution in [-0.4, -0.2) is 24.5 Å². The summed E-state index contributed by atoms with van der Waals surface area (Å²) in [5.74, 6) is 0.795. The molecule has 2 N–H and O–H groups in total. The van der Waals surface area contributed by atoms with E-state index in [1.54, 1.807) is 18.4 Å². The second-order valence-electron chi connectivity index (χ2n) is 5.19. The van der Waals surface area contributed by atoms with E-state index in [9.17, 15) is 0 Å². The van der Waals surface area contributed by atoms with E-state index in [1.807, 2.05) is 24.3 Å². The molecular weight excluding hydrogens is 455 g/mol. The number of thiazole rings is 1. The van der Waals surface area contributed by atoms with Crippen molar-refractivity contribution < 1.29 is 0 Å². The molecule has 1 aromatic carbocycles. The van der Waals surface area contributed by atoms with Crippen LogP contribution in [0.1, 0.15) is 28.1 Å². The molecule has 7 heteroatoms. The summed E-state index contributed by atoms with van der Waals surface area (Å²) in [6.45, 7) is 5.82. The Morgan fingerprint density at radius 2 is 1.96 bits per heavy atom. The van der Waals surface area contributed by atoms with Crippen LogP contribution in [0.15, 0.2) is 29.3 Å². The Morgan fingerprint density at radius 1 is 1.25 bits per heavy atom. The highest BCUT2D eigenvalue weighted by molar-refractivity contribution is 14.0. The van der Waals surface area contributed by atoms with Crippen molar-refractivity contribution in [3.63, 3.8) is 0 Å². The molecule has 2 aromatic rings. The SMILES string of the molecule is CCc1nc(CCNC(=NC)NCc2ccc(Cl)cc2)sc1C.I. The molecule has 24 heavy (non-hydrogen) atoms. The zero-order valence-corrected chi connectivity index (χ0v) is 18.1. The molecule has 132 valence electrons. The Hall–Kier alpha value is -0.860. The van der Waals surface area contributed by atoms with Crippen molar-refractivity contribution in [2.45, 2.75) is 33.2 Å². The number of hydrogen-bond acceptors (Lipinski definition) is 3. The first kappa shape index (κ1) is 21.2. The van der Waals surface area contributed by atoms with E-state index < -0.39 is 0 Å². The molecular formula is C17H24ClIN4S. The second kappa shape index (κ2) is 10.9. The summed E-state index contributed by atoms with van der Waals surface area (Å²) in [4.78, 5) is 10.2. The van der Waals surface area contributed by atoms with Crippen molar-refractivity contribution in [2.75, 3.05) is 13.6 Å². The fourth-order valence-electron chi connectivity index (χ4n) is 2.22. The number of nitrogens with one attached hydrogen (secondary N) is 2. The molecule has 1 heterocycles. The van der Waals surface area contributed by atoms with Gasteiger partial charge < -0.3 is 10.6 Å². The molecule has 0 fully saturated rings. The molecule has 2 rings (SSSR count). The Bertz CT molecular complexity index is 655. The normalized spacial score (nSPS) is 11.1. The summed E-state index contributed by atoms with van der Waals surface area (Å²) < 4.78 is 0. The predicted molar refractivity (Wildman–Crippen MR) is 115 cm³/mol. The van der Waals surface area contributed by atoms with Crippen LogP contribution in [-0.2, 0) is 19.4 Å². The monoisotopic (exact) mass is 478 g/mol. The number of guanidine groups is 1. The van der Waals surface area contributed by atoms with Gasteiger partial charge in [-0.15, -0.1) is 35.3 Å². The van der Waals surface area contributed by atoms with E-state index in [4.69, 9.17) is 11.6 Å². The Morgan fingerprint density at radius 3 is 2.54 bits per heavy atom. The van der Waals surface area contributed by atoms with Crippen LogP contribution in [0.25, 0.3) is 0 Å². The zero-order chi connectivity index (χ0) is 16.7. The topological polar surface area (TPSA) is 49.3 Å². The zero-order valence-electron chi connectivity index (χ0n) is 14.2. The molecule has 0 aliphatic carbocycles. The van der Waals surface area contributed by atoms with Gasteiger partial charge in [-0.3, -0.25) is 4.99 Å². The average Bonchev–Trinajstić information content (AvgIpc) is 2.92.